The van der Waals surface area contributed by atoms with E-state index in [-0.39, 0.29) is 23.0 Å². The van der Waals surface area contributed by atoms with Gasteiger partial charge >= 0.3 is 0 Å². The van der Waals surface area contributed by atoms with Crippen molar-refractivity contribution in [3.63, 3.8) is 0 Å². The van der Waals surface area contributed by atoms with E-state index in [4.69, 9.17) is 5.14 Å². The summed E-state index contributed by atoms with van der Waals surface area (Å²) in [6.45, 7) is 1.95. The van der Waals surface area contributed by atoms with E-state index < -0.39 is 25.2 Å². The predicted octanol–water partition coefficient (Wildman–Crippen LogP) is 1.17. The van der Waals surface area contributed by atoms with Crippen LogP contribution in [-0.2, 0) is 20.2 Å². The number of hydrogen-bond donors (Lipinski definition) is 2. The molecule has 0 saturated carbocycles. The van der Waals surface area contributed by atoms with Crippen molar-refractivity contribution in [3.05, 3.63) is 28.3 Å². The van der Waals surface area contributed by atoms with Crippen LogP contribution in [-0.4, -0.2) is 58.8 Å². The zero-order chi connectivity index (χ0) is 22.6. The highest BCUT2D eigenvalue weighted by molar-refractivity contribution is 7.89. The highest BCUT2D eigenvalue weighted by Gasteiger charge is 2.31. The molecule has 2 saturated heterocycles. The van der Waals surface area contributed by atoms with E-state index in [1.165, 1.54) is 16.4 Å². The summed E-state index contributed by atoms with van der Waals surface area (Å²) in [4.78, 5) is 12.9. The first kappa shape index (κ1) is 23.9. The number of nitro groups is 1. The Morgan fingerprint density at radius 2 is 1.74 bits per heavy atom. The highest BCUT2D eigenvalue weighted by atomic mass is 32.2. The van der Waals surface area contributed by atoms with E-state index in [1.54, 1.807) is 4.90 Å². The van der Waals surface area contributed by atoms with Crippen LogP contribution in [0.15, 0.2) is 23.1 Å². The third-order valence-electron chi connectivity index (χ3n) is 5.78. The Hall–Kier alpha value is -1.80. The number of sulfonamides is 1. The molecule has 3 rings (SSSR count). The smallest absolute Gasteiger partial charge is 0.293 e. The van der Waals surface area contributed by atoms with Crippen LogP contribution in [0, 0.1) is 16.0 Å². The lowest BCUT2D eigenvalue weighted by molar-refractivity contribution is -0.384. The third-order valence-corrected chi connectivity index (χ3v) is 8.24. The fraction of sp³-hybridized carbons (Fsp3) is 0.667. The van der Waals surface area contributed by atoms with Crippen LogP contribution in [0.3, 0.4) is 0 Å². The zero-order valence-corrected chi connectivity index (χ0v) is 18.9. The Kier molecular flexibility index (Phi) is 7.52. The summed E-state index contributed by atoms with van der Waals surface area (Å²) in [5, 5.41) is 16.8. The van der Waals surface area contributed by atoms with Crippen LogP contribution in [0.2, 0.25) is 0 Å². The molecular formula is C18H29N5O6S2. The average Bonchev–Trinajstić information content (AvgIpc) is 3.01. The van der Waals surface area contributed by atoms with Gasteiger partial charge in [-0.1, -0.05) is 12.8 Å². The molecule has 2 fully saturated rings. The van der Waals surface area contributed by atoms with Gasteiger partial charge in [0.25, 0.3) is 15.9 Å². The van der Waals surface area contributed by atoms with E-state index in [9.17, 15) is 26.9 Å². The molecule has 0 aliphatic carbocycles. The largest absolute Gasteiger partial charge is 0.366 e. The summed E-state index contributed by atoms with van der Waals surface area (Å²) in [5.74, 6) is -0.0628. The minimum Gasteiger partial charge on any atom is -0.366 e. The molecule has 2 aliphatic rings. The first-order valence-corrected chi connectivity index (χ1v) is 13.4. The van der Waals surface area contributed by atoms with E-state index in [0.717, 1.165) is 44.6 Å². The van der Waals surface area contributed by atoms with Gasteiger partial charge in [-0.05, 0) is 43.7 Å². The van der Waals surface area contributed by atoms with Gasteiger partial charge in [0.2, 0.25) is 10.0 Å². The van der Waals surface area contributed by atoms with Crippen LogP contribution in [0.4, 0.5) is 11.4 Å². The molecule has 174 valence electrons. The molecule has 0 radical (unpaired) electrons. The number of benzene rings is 1. The molecule has 1 unspecified atom stereocenters. The van der Waals surface area contributed by atoms with Crippen molar-refractivity contribution in [2.45, 2.75) is 43.4 Å². The van der Waals surface area contributed by atoms with Gasteiger partial charge in [-0.25, -0.2) is 18.3 Å². The molecule has 3 N–H and O–H groups in total. The first-order valence-electron chi connectivity index (χ1n) is 10.4. The number of rotatable bonds is 7. The molecule has 2 heterocycles. The lowest BCUT2D eigenvalue weighted by Gasteiger charge is -2.34. The average molecular weight is 476 g/mol. The number of piperidine rings is 1. The quantitative estimate of drug-likeness (QED) is 0.443. The van der Waals surface area contributed by atoms with Gasteiger partial charge in [0, 0.05) is 38.8 Å². The van der Waals surface area contributed by atoms with Crippen molar-refractivity contribution in [2.24, 2.45) is 11.1 Å². The number of nitrogens with zero attached hydrogens (tertiary/aromatic N) is 3. The van der Waals surface area contributed by atoms with Gasteiger partial charge in [-0.2, -0.15) is 12.7 Å². The molecule has 11 nitrogen and oxygen atoms in total. The van der Waals surface area contributed by atoms with E-state index in [1.807, 2.05) is 0 Å². The molecule has 0 spiro atoms. The topological polar surface area (TPSA) is 156 Å². The Morgan fingerprint density at radius 3 is 2.35 bits per heavy atom. The molecular weight excluding hydrogens is 446 g/mol. The van der Waals surface area contributed by atoms with Gasteiger partial charge in [0.05, 0.1) is 9.82 Å². The zero-order valence-electron chi connectivity index (χ0n) is 17.3. The van der Waals surface area contributed by atoms with E-state index in [0.29, 0.717) is 31.9 Å². The maximum Gasteiger partial charge on any atom is 0.293 e. The number of hydrogen-bond acceptors (Lipinski definition) is 7. The van der Waals surface area contributed by atoms with Crippen molar-refractivity contribution in [1.29, 1.82) is 0 Å². The van der Waals surface area contributed by atoms with Gasteiger partial charge in [0.1, 0.15) is 5.69 Å². The van der Waals surface area contributed by atoms with Gasteiger partial charge < -0.3 is 4.90 Å². The Bertz CT molecular complexity index is 1010. The molecule has 31 heavy (non-hydrogen) atoms. The summed E-state index contributed by atoms with van der Waals surface area (Å²) in [5.41, 5.74) is 0.0658. The molecule has 1 aromatic carbocycles. The van der Waals surface area contributed by atoms with Gasteiger partial charge in [-0.15, -0.1) is 0 Å². The summed E-state index contributed by atoms with van der Waals surface area (Å²) in [6, 6.07) is 4.05. The maximum absolute atomic E-state index is 13.0. The SMILES string of the molecule is NS(=O)(=O)NCC1CCCN(c2ccc(S(=O)(=O)N3CCCCCC3)cc2[N+](=O)[O-])C1. The van der Waals surface area contributed by atoms with Gasteiger partial charge in [-0.3, -0.25) is 10.1 Å². The van der Waals surface area contributed by atoms with Crippen LogP contribution in [0.25, 0.3) is 0 Å². The van der Waals surface area contributed by atoms with Crippen LogP contribution in [0.1, 0.15) is 38.5 Å². The van der Waals surface area contributed by atoms with Crippen LogP contribution >= 0.6 is 0 Å². The van der Waals surface area contributed by atoms with Crippen LogP contribution in [0.5, 0.6) is 0 Å². The molecule has 0 bridgehead atoms. The molecule has 0 amide bonds. The second-order valence-corrected chi connectivity index (χ2v) is 11.4. The normalized spacial score (nSPS) is 21.6. The minimum absolute atomic E-state index is 0.0628. The van der Waals surface area contributed by atoms with Crippen LogP contribution < -0.4 is 14.8 Å². The van der Waals surface area contributed by atoms with Crippen molar-refractivity contribution < 1.29 is 21.8 Å². The van der Waals surface area contributed by atoms with E-state index >= 15 is 0 Å². The summed E-state index contributed by atoms with van der Waals surface area (Å²) in [7, 11) is -7.62. The Morgan fingerprint density at radius 1 is 1.06 bits per heavy atom. The summed E-state index contributed by atoms with van der Waals surface area (Å²) < 4.78 is 52.1. The molecule has 1 atom stereocenters. The maximum atomic E-state index is 13.0. The van der Waals surface area contributed by atoms with Crippen molar-refractivity contribution in [2.75, 3.05) is 37.6 Å². The fourth-order valence-electron chi connectivity index (χ4n) is 4.19. The lowest BCUT2D eigenvalue weighted by Crippen LogP contribution is -2.42. The molecule has 13 heteroatoms. The number of nitrogens with two attached hydrogens (primary N) is 1. The number of nitro benzene ring substituents is 1. The van der Waals surface area contributed by atoms with E-state index in [2.05, 4.69) is 4.72 Å². The fourth-order valence-corrected chi connectivity index (χ4v) is 6.20. The van der Waals surface area contributed by atoms with Crippen molar-refractivity contribution in [3.8, 4) is 0 Å². The second kappa shape index (κ2) is 9.77. The Labute approximate surface area is 183 Å². The monoisotopic (exact) mass is 475 g/mol. The predicted molar refractivity (Wildman–Crippen MR) is 116 cm³/mol. The number of nitrogens with one attached hydrogen (secondary N) is 1. The first-order chi connectivity index (χ1) is 14.6. The third kappa shape index (κ3) is 6.13. The van der Waals surface area contributed by atoms with Crippen molar-refractivity contribution >= 4 is 31.6 Å². The molecule has 1 aromatic rings. The molecule has 2 aliphatic heterocycles. The number of anilines is 1. The highest BCUT2D eigenvalue weighted by Crippen LogP contribution is 2.34. The molecule has 0 aromatic heterocycles. The summed E-state index contributed by atoms with van der Waals surface area (Å²) in [6.07, 6.45) is 4.99. The summed E-state index contributed by atoms with van der Waals surface area (Å²) >= 11 is 0. The van der Waals surface area contributed by atoms with Crippen molar-refractivity contribution in [1.82, 2.24) is 9.03 Å². The standard InChI is InChI=1S/C18H29N5O6S2/c19-31(28,29)20-13-15-6-5-9-21(14-15)17-8-7-16(12-18(17)23(24)25)30(26,27)22-10-3-1-2-4-11-22/h7-8,12,15,20H,1-6,9-11,13-14H2,(H2,19,28,29). The Balaban J connectivity index is 1.84. The van der Waals surface area contributed by atoms with Gasteiger partial charge in [0.15, 0.2) is 0 Å². The lowest BCUT2D eigenvalue weighted by atomic mass is 9.97. The second-order valence-electron chi connectivity index (χ2n) is 8.07. The minimum atomic E-state index is -3.81.